The Balaban J connectivity index is 0.00000220. The summed E-state index contributed by atoms with van der Waals surface area (Å²) in [4.78, 5) is 14.4. The van der Waals surface area contributed by atoms with Crippen molar-refractivity contribution in [3.8, 4) is 5.75 Å². The molecule has 0 aromatic heterocycles. The van der Waals surface area contributed by atoms with E-state index in [2.05, 4.69) is 5.32 Å². The molecule has 1 heterocycles. The first-order valence-electron chi connectivity index (χ1n) is 7.03. The molecule has 118 valence electrons. The Morgan fingerprint density at radius 2 is 2.29 bits per heavy atom. The van der Waals surface area contributed by atoms with E-state index in [0.717, 1.165) is 25.9 Å². The number of ether oxygens (including phenoxy) is 1. The predicted molar refractivity (Wildman–Crippen MR) is 87.9 cm³/mol. The molecule has 0 saturated carbocycles. The van der Waals surface area contributed by atoms with Gasteiger partial charge in [0.15, 0.2) is 0 Å². The zero-order valence-electron chi connectivity index (χ0n) is 12.4. The second-order valence-electron chi connectivity index (χ2n) is 5.05. The summed E-state index contributed by atoms with van der Waals surface area (Å²) in [5.74, 6) is 0.575. The van der Waals surface area contributed by atoms with E-state index in [1.807, 2.05) is 14.0 Å². The van der Waals surface area contributed by atoms with E-state index in [1.165, 1.54) is 0 Å². The lowest BCUT2D eigenvalue weighted by Crippen LogP contribution is -2.38. The number of carbonyl (C=O) groups is 1. The minimum Gasteiger partial charge on any atom is -0.493 e. The molecule has 1 amide bonds. The largest absolute Gasteiger partial charge is 0.493 e. The number of amides is 1. The van der Waals surface area contributed by atoms with E-state index in [9.17, 15) is 4.79 Å². The van der Waals surface area contributed by atoms with Crippen LogP contribution in [0.5, 0.6) is 5.75 Å². The highest BCUT2D eigenvalue weighted by atomic mass is 35.5. The average Bonchev–Trinajstić information content (AvgIpc) is 2.98. The minimum atomic E-state index is -0.0349. The van der Waals surface area contributed by atoms with E-state index < -0.39 is 0 Å². The van der Waals surface area contributed by atoms with Gasteiger partial charge in [-0.2, -0.15) is 0 Å². The fourth-order valence-corrected chi connectivity index (χ4v) is 2.51. The molecular formula is C15H22Cl2N2O2. The molecule has 1 aromatic rings. The number of halogens is 2. The number of rotatable bonds is 5. The van der Waals surface area contributed by atoms with Crippen LogP contribution in [-0.2, 0) is 0 Å². The van der Waals surface area contributed by atoms with Crippen molar-refractivity contribution in [1.29, 1.82) is 0 Å². The van der Waals surface area contributed by atoms with Gasteiger partial charge in [-0.1, -0.05) is 18.5 Å². The monoisotopic (exact) mass is 332 g/mol. The van der Waals surface area contributed by atoms with E-state index >= 15 is 0 Å². The molecule has 0 radical (unpaired) electrons. The summed E-state index contributed by atoms with van der Waals surface area (Å²) in [6.07, 6.45) is 1.88. The van der Waals surface area contributed by atoms with Crippen molar-refractivity contribution in [2.75, 3.05) is 26.7 Å². The van der Waals surface area contributed by atoms with Crippen LogP contribution in [0.2, 0.25) is 5.02 Å². The number of nitrogens with zero attached hydrogens (tertiary/aromatic N) is 1. The van der Waals surface area contributed by atoms with Gasteiger partial charge in [0.1, 0.15) is 5.75 Å². The number of hydrogen-bond donors (Lipinski definition) is 1. The molecule has 1 fully saturated rings. The first kappa shape index (κ1) is 18.1. The predicted octanol–water partition coefficient (Wildman–Crippen LogP) is 2.98. The summed E-state index contributed by atoms with van der Waals surface area (Å²) in [6, 6.07) is 5.45. The smallest absolute Gasteiger partial charge is 0.257 e. The molecule has 4 nitrogen and oxygen atoms in total. The SMILES string of the molecule is CCCOc1ccc(Cl)cc1C(=O)N(C)C1CCNC1.Cl. The Hall–Kier alpha value is -0.970. The lowest BCUT2D eigenvalue weighted by molar-refractivity contribution is 0.0739. The van der Waals surface area contributed by atoms with Crippen molar-refractivity contribution >= 4 is 29.9 Å². The highest BCUT2D eigenvalue weighted by Gasteiger charge is 2.26. The van der Waals surface area contributed by atoms with Crippen LogP contribution in [0.4, 0.5) is 0 Å². The molecule has 1 atom stereocenters. The van der Waals surface area contributed by atoms with Gasteiger partial charge in [0.05, 0.1) is 12.2 Å². The standard InChI is InChI=1S/C15H21ClN2O2.ClH/c1-3-8-20-14-5-4-11(16)9-13(14)15(19)18(2)12-6-7-17-10-12;/h4-5,9,12,17H,3,6-8,10H2,1-2H3;1H. The number of hydrogen-bond acceptors (Lipinski definition) is 3. The summed E-state index contributed by atoms with van der Waals surface area (Å²) in [6.45, 7) is 4.43. The maximum Gasteiger partial charge on any atom is 0.257 e. The van der Waals surface area contributed by atoms with Crippen LogP contribution >= 0.6 is 24.0 Å². The van der Waals surface area contributed by atoms with Gasteiger partial charge in [-0.3, -0.25) is 4.79 Å². The molecule has 2 rings (SSSR count). The highest BCUT2D eigenvalue weighted by molar-refractivity contribution is 6.31. The zero-order chi connectivity index (χ0) is 14.5. The summed E-state index contributed by atoms with van der Waals surface area (Å²) >= 11 is 6.02. The second kappa shape index (κ2) is 8.47. The third kappa shape index (κ3) is 4.50. The Bertz CT molecular complexity index is 477. The first-order chi connectivity index (χ1) is 9.63. The molecule has 21 heavy (non-hydrogen) atoms. The fourth-order valence-electron chi connectivity index (χ4n) is 2.33. The van der Waals surface area contributed by atoms with Gasteiger partial charge in [-0.15, -0.1) is 12.4 Å². The molecule has 1 saturated heterocycles. The first-order valence-corrected chi connectivity index (χ1v) is 7.41. The van der Waals surface area contributed by atoms with Gasteiger partial charge < -0.3 is 15.0 Å². The minimum absolute atomic E-state index is 0. The summed E-state index contributed by atoms with van der Waals surface area (Å²) in [7, 11) is 1.84. The van der Waals surface area contributed by atoms with Crippen molar-refractivity contribution in [2.24, 2.45) is 0 Å². The van der Waals surface area contributed by atoms with Crippen molar-refractivity contribution < 1.29 is 9.53 Å². The van der Waals surface area contributed by atoms with Gasteiger partial charge in [0.2, 0.25) is 0 Å². The van der Waals surface area contributed by atoms with Gasteiger partial charge in [0.25, 0.3) is 5.91 Å². The number of benzene rings is 1. The van der Waals surface area contributed by atoms with Crippen LogP contribution in [0.25, 0.3) is 0 Å². The number of carbonyl (C=O) groups excluding carboxylic acids is 1. The second-order valence-corrected chi connectivity index (χ2v) is 5.49. The molecule has 1 aromatic carbocycles. The van der Waals surface area contributed by atoms with Crippen molar-refractivity contribution in [3.05, 3.63) is 28.8 Å². The maximum absolute atomic E-state index is 12.6. The molecule has 1 aliphatic rings. The lowest BCUT2D eigenvalue weighted by atomic mass is 10.1. The highest BCUT2D eigenvalue weighted by Crippen LogP contribution is 2.25. The van der Waals surface area contributed by atoms with Crippen LogP contribution in [0, 0.1) is 0 Å². The third-order valence-electron chi connectivity index (χ3n) is 3.54. The number of likely N-dealkylation sites (N-methyl/N-ethyl adjacent to an activating group) is 1. The van der Waals surface area contributed by atoms with Crippen LogP contribution in [0.1, 0.15) is 30.1 Å². The molecule has 0 spiro atoms. The van der Waals surface area contributed by atoms with Crippen LogP contribution < -0.4 is 10.1 Å². The van der Waals surface area contributed by atoms with E-state index in [-0.39, 0.29) is 24.4 Å². The molecule has 0 aliphatic carbocycles. The lowest BCUT2D eigenvalue weighted by Gasteiger charge is -2.25. The van der Waals surface area contributed by atoms with E-state index in [0.29, 0.717) is 22.9 Å². The van der Waals surface area contributed by atoms with E-state index in [1.54, 1.807) is 23.1 Å². The average molecular weight is 333 g/mol. The molecule has 6 heteroatoms. The van der Waals surface area contributed by atoms with Crippen LogP contribution in [-0.4, -0.2) is 43.6 Å². The van der Waals surface area contributed by atoms with Crippen LogP contribution in [0.3, 0.4) is 0 Å². The third-order valence-corrected chi connectivity index (χ3v) is 3.77. The molecule has 1 N–H and O–H groups in total. The molecule has 1 unspecified atom stereocenters. The van der Waals surface area contributed by atoms with Crippen molar-refractivity contribution in [1.82, 2.24) is 10.2 Å². The number of nitrogens with one attached hydrogen (secondary N) is 1. The van der Waals surface area contributed by atoms with Gasteiger partial charge in [0, 0.05) is 24.7 Å². The molecule has 0 bridgehead atoms. The summed E-state index contributed by atoms with van der Waals surface area (Å²) in [5, 5.41) is 3.82. The van der Waals surface area contributed by atoms with E-state index in [4.69, 9.17) is 16.3 Å². The quantitative estimate of drug-likeness (QED) is 0.901. The summed E-state index contributed by atoms with van der Waals surface area (Å²) < 4.78 is 5.65. The zero-order valence-corrected chi connectivity index (χ0v) is 14.0. The van der Waals surface area contributed by atoms with Crippen molar-refractivity contribution in [3.63, 3.8) is 0 Å². The normalized spacial score (nSPS) is 17.2. The van der Waals surface area contributed by atoms with Gasteiger partial charge >= 0.3 is 0 Å². The van der Waals surface area contributed by atoms with Gasteiger partial charge in [-0.05, 0) is 37.6 Å². The van der Waals surface area contributed by atoms with Gasteiger partial charge in [-0.25, -0.2) is 0 Å². The topological polar surface area (TPSA) is 41.6 Å². The molecular weight excluding hydrogens is 311 g/mol. The summed E-state index contributed by atoms with van der Waals surface area (Å²) in [5.41, 5.74) is 0.542. The molecule has 1 aliphatic heterocycles. The maximum atomic E-state index is 12.6. The Morgan fingerprint density at radius 1 is 1.52 bits per heavy atom. The van der Waals surface area contributed by atoms with Crippen molar-refractivity contribution in [2.45, 2.75) is 25.8 Å². The Morgan fingerprint density at radius 3 is 2.90 bits per heavy atom. The Kier molecular flexibility index (Phi) is 7.29. The Labute approximate surface area is 137 Å². The van der Waals surface area contributed by atoms with Crippen LogP contribution in [0.15, 0.2) is 18.2 Å². The fraction of sp³-hybridized carbons (Fsp3) is 0.533.